The summed E-state index contributed by atoms with van der Waals surface area (Å²) in [4.78, 5) is 69.2. The number of carbonyl (C=O) groups excluding carboxylic acids is 4. The summed E-state index contributed by atoms with van der Waals surface area (Å²) in [5.41, 5.74) is 9.36. The molecule has 0 spiro atoms. The molecule has 61 heavy (non-hydrogen) atoms. The smallest absolute Gasteiger partial charge is 0.324 e. The van der Waals surface area contributed by atoms with Crippen molar-refractivity contribution in [2.24, 2.45) is 11.3 Å². The molecule has 3 aliphatic heterocycles. The van der Waals surface area contributed by atoms with Gasteiger partial charge in [0.1, 0.15) is 18.1 Å². The van der Waals surface area contributed by atoms with E-state index in [2.05, 4.69) is 60.3 Å². The number of rotatable bonds is 8. The zero-order chi connectivity index (χ0) is 43.6. The Morgan fingerprint density at radius 3 is 2.62 bits per heavy atom. The van der Waals surface area contributed by atoms with Gasteiger partial charge in [-0.05, 0) is 68.9 Å². The average Bonchev–Trinajstić information content (AvgIpc) is 3.85. The van der Waals surface area contributed by atoms with Crippen molar-refractivity contribution in [2.75, 3.05) is 53.6 Å². The Hall–Kier alpha value is -4.90. The highest BCUT2D eigenvalue weighted by atomic mass is 32.1. The molecule has 3 aromatic heterocycles. The number of cyclic esters (lactones) is 1. The summed E-state index contributed by atoms with van der Waals surface area (Å²) in [6.07, 6.45) is 3.29. The van der Waals surface area contributed by atoms with Crippen LogP contribution in [0.5, 0.6) is 0 Å². The second kappa shape index (κ2) is 18.6. The molecule has 4 amide bonds. The first-order valence-corrected chi connectivity index (χ1v) is 22.3. The van der Waals surface area contributed by atoms with Gasteiger partial charge < -0.3 is 33.9 Å². The highest BCUT2D eigenvalue weighted by Crippen LogP contribution is 2.42. The van der Waals surface area contributed by atoms with Gasteiger partial charge in [0.15, 0.2) is 0 Å². The lowest BCUT2D eigenvalue weighted by molar-refractivity contribution is -0.155. The van der Waals surface area contributed by atoms with Crippen LogP contribution in [0.25, 0.3) is 33.4 Å². The largest absolute Gasteiger partial charge is 0.464 e. The number of aryl methyl sites for hydroxylation is 1. The Morgan fingerprint density at radius 1 is 1.13 bits per heavy atom. The monoisotopic (exact) mass is 856 g/mol. The molecule has 3 aliphatic rings. The molecule has 6 bridgehead atoms. The molecule has 1 aromatic carbocycles. The Kier molecular flexibility index (Phi) is 13.5. The van der Waals surface area contributed by atoms with Gasteiger partial charge in [-0.2, -0.15) is 0 Å². The number of likely N-dealkylation sites (N-methyl/N-ethyl adjacent to an activating group) is 1. The van der Waals surface area contributed by atoms with E-state index in [9.17, 15) is 19.2 Å². The molecule has 7 rings (SSSR count). The van der Waals surface area contributed by atoms with E-state index in [0.717, 1.165) is 44.7 Å². The summed E-state index contributed by atoms with van der Waals surface area (Å²) in [6.45, 7) is 15.0. The van der Waals surface area contributed by atoms with Crippen LogP contribution in [0, 0.1) is 11.3 Å². The maximum Gasteiger partial charge on any atom is 0.324 e. The number of ether oxygens (including phenoxy) is 3. The Morgan fingerprint density at radius 2 is 1.90 bits per heavy atom. The van der Waals surface area contributed by atoms with Crippen molar-refractivity contribution < 1.29 is 33.4 Å². The van der Waals surface area contributed by atoms with E-state index in [1.807, 2.05) is 32.2 Å². The maximum absolute atomic E-state index is 14.5. The van der Waals surface area contributed by atoms with E-state index in [-0.39, 0.29) is 31.1 Å². The van der Waals surface area contributed by atoms with E-state index in [1.54, 1.807) is 25.3 Å². The second-order valence-electron chi connectivity index (χ2n) is 17.5. The van der Waals surface area contributed by atoms with Crippen molar-refractivity contribution in [2.45, 2.75) is 98.0 Å². The topological polar surface area (TPSA) is 160 Å². The molecule has 4 aromatic rings. The van der Waals surface area contributed by atoms with Crippen LogP contribution in [0.3, 0.4) is 0 Å². The van der Waals surface area contributed by atoms with Gasteiger partial charge in [0.25, 0.3) is 5.91 Å². The first-order chi connectivity index (χ1) is 29.2. The summed E-state index contributed by atoms with van der Waals surface area (Å²) in [5, 5.41) is 8.16. The number of esters is 1. The van der Waals surface area contributed by atoms with Gasteiger partial charge in [-0.1, -0.05) is 33.8 Å². The number of hydrogen-bond acceptors (Lipinski definition) is 11. The van der Waals surface area contributed by atoms with Crippen LogP contribution >= 0.6 is 11.3 Å². The highest BCUT2D eigenvalue weighted by Gasteiger charge is 2.39. The van der Waals surface area contributed by atoms with Gasteiger partial charge in [0.2, 0.25) is 5.91 Å². The number of morpholine rings is 1. The van der Waals surface area contributed by atoms with Crippen molar-refractivity contribution in [1.29, 1.82) is 0 Å². The van der Waals surface area contributed by atoms with Crippen molar-refractivity contribution >= 4 is 46.1 Å². The average molecular weight is 857 g/mol. The number of carbonyl (C=O) groups is 4. The molecule has 6 heterocycles. The fourth-order valence-corrected chi connectivity index (χ4v) is 9.69. The van der Waals surface area contributed by atoms with E-state index in [1.165, 1.54) is 21.2 Å². The van der Waals surface area contributed by atoms with Gasteiger partial charge in [0, 0.05) is 85.8 Å². The summed E-state index contributed by atoms with van der Waals surface area (Å²) in [5.74, 6) is -1.55. The van der Waals surface area contributed by atoms with Crippen LogP contribution in [0.15, 0.2) is 41.9 Å². The van der Waals surface area contributed by atoms with Crippen molar-refractivity contribution in [3.05, 3.63) is 58.2 Å². The minimum atomic E-state index is -1.04. The number of amides is 4. The number of fused-ring (bicyclic) bond motifs is 6. The lowest BCUT2D eigenvalue weighted by Crippen LogP contribution is -2.62. The van der Waals surface area contributed by atoms with Gasteiger partial charge in [-0.25, -0.2) is 15.2 Å². The Labute approximate surface area is 362 Å². The molecular formula is C45H60N8O7S. The van der Waals surface area contributed by atoms with Crippen LogP contribution in [-0.4, -0.2) is 125 Å². The number of pyridine rings is 1. The number of urea groups is 1. The molecule has 328 valence electrons. The third kappa shape index (κ3) is 9.32. The lowest BCUT2D eigenvalue weighted by atomic mass is 9.84. The zero-order valence-electron chi connectivity index (χ0n) is 36.7. The molecule has 0 aliphatic carbocycles. The summed E-state index contributed by atoms with van der Waals surface area (Å²) < 4.78 is 19.7. The van der Waals surface area contributed by atoms with E-state index in [4.69, 9.17) is 24.2 Å². The number of aromatic nitrogens is 3. The normalized spacial score (nSPS) is 20.9. The molecule has 2 saturated heterocycles. The summed E-state index contributed by atoms with van der Waals surface area (Å²) in [7, 11) is 3.31. The standard InChI is InChI=1S/C45H60N8O7S/c1-9-52-36-15-14-29-22-31(36)32(40(52)30-12-10-16-46-38(30)28(4)58-8)24-45(5,6)26-60-43(56)33-13-11-17-53(49-33)42(55)34(23-37-47-35(29)25-61-37)48-41(54)39(27(2)3)50(7)44(57)51-18-20-59-21-19-51/h10,12,14-16,22,25,27-28,33-34,39,49H,9,11,13,17-21,23-24,26H2,1-8H3,(H,48,54)/t28-,33-,34-,39-/m0/s1. The minimum absolute atomic E-state index is 0.105. The maximum atomic E-state index is 14.5. The molecule has 0 radical (unpaired) electrons. The fraction of sp³-hybridized carbons (Fsp3) is 0.556. The SMILES string of the molecule is CCn1c(-c2cccnc2[C@H](C)OC)c2c3cc(ccc31)-c1csc(n1)C[C@H](NC(=O)[C@H](C(C)C)N(C)C(=O)N1CCOCC1)C(=O)N1CCC[C@H](N1)C(=O)OCC(C)(C)C2. The number of hydrogen-bond donors (Lipinski definition) is 2. The predicted molar refractivity (Wildman–Crippen MR) is 234 cm³/mol. The van der Waals surface area contributed by atoms with Crippen molar-refractivity contribution in [3.63, 3.8) is 0 Å². The van der Waals surface area contributed by atoms with Gasteiger partial charge in [-0.15, -0.1) is 11.3 Å². The number of thiazole rings is 1. The Bertz CT molecular complexity index is 2250. The van der Waals surface area contributed by atoms with Gasteiger partial charge in [-0.3, -0.25) is 24.4 Å². The third-order valence-corrected chi connectivity index (χ3v) is 12.9. The summed E-state index contributed by atoms with van der Waals surface area (Å²) >= 11 is 1.42. The van der Waals surface area contributed by atoms with Crippen LogP contribution in [0.2, 0.25) is 0 Å². The Balaban J connectivity index is 1.29. The predicted octanol–water partition coefficient (Wildman–Crippen LogP) is 5.61. The molecule has 0 saturated carbocycles. The quantitative estimate of drug-likeness (QED) is 0.213. The van der Waals surface area contributed by atoms with Crippen LogP contribution in [0.4, 0.5) is 4.79 Å². The molecule has 2 fully saturated rings. The molecule has 2 N–H and O–H groups in total. The number of nitrogens with one attached hydrogen (secondary N) is 2. The first-order valence-electron chi connectivity index (χ1n) is 21.4. The van der Waals surface area contributed by atoms with Gasteiger partial charge in [0.05, 0.1) is 48.0 Å². The minimum Gasteiger partial charge on any atom is -0.464 e. The highest BCUT2D eigenvalue weighted by molar-refractivity contribution is 7.10. The van der Waals surface area contributed by atoms with E-state index in [0.29, 0.717) is 63.7 Å². The van der Waals surface area contributed by atoms with Gasteiger partial charge >= 0.3 is 12.0 Å². The number of hydrazine groups is 1. The second-order valence-corrected chi connectivity index (χ2v) is 18.4. The molecule has 0 unspecified atom stereocenters. The molecular weight excluding hydrogens is 797 g/mol. The first kappa shape index (κ1) is 44.2. The number of benzene rings is 1. The van der Waals surface area contributed by atoms with E-state index >= 15 is 0 Å². The zero-order valence-corrected chi connectivity index (χ0v) is 37.5. The number of methoxy groups -OCH3 is 1. The number of nitrogens with zero attached hydrogens (tertiary/aromatic N) is 6. The van der Waals surface area contributed by atoms with Crippen LogP contribution in [0.1, 0.15) is 76.8 Å². The fourth-order valence-electron chi connectivity index (χ4n) is 8.84. The van der Waals surface area contributed by atoms with Crippen LogP contribution in [-0.2, 0) is 48.0 Å². The molecule has 4 atom stereocenters. The van der Waals surface area contributed by atoms with E-state index < -0.39 is 41.3 Å². The molecule has 16 heteroatoms. The van der Waals surface area contributed by atoms with Crippen molar-refractivity contribution in [1.82, 2.24) is 40.1 Å². The summed E-state index contributed by atoms with van der Waals surface area (Å²) in [6, 6.07) is 7.51. The van der Waals surface area contributed by atoms with Crippen molar-refractivity contribution in [3.8, 4) is 22.5 Å². The molecule has 15 nitrogen and oxygen atoms in total. The third-order valence-electron chi connectivity index (χ3n) is 12.1. The lowest BCUT2D eigenvalue weighted by Gasteiger charge is -2.38. The van der Waals surface area contributed by atoms with Crippen LogP contribution < -0.4 is 10.7 Å².